The highest BCUT2D eigenvalue weighted by Gasteiger charge is 2.27. The molecule has 0 saturated carbocycles. The fraction of sp³-hybridized carbons (Fsp3) is 0.400. The number of halogens is 4. The van der Waals surface area contributed by atoms with Crippen LogP contribution in [-0.2, 0) is 0 Å². The van der Waals surface area contributed by atoms with Crippen LogP contribution in [-0.4, -0.2) is 6.18 Å². The first-order valence-corrected chi connectivity index (χ1v) is 5.54. The molecule has 0 bridgehead atoms. The first-order chi connectivity index (χ1) is 6.88. The molecule has 0 unspecified atom stereocenters. The van der Waals surface area contributed by atoms with Crippen molar-refractivity contribution >= 4 is 22.6 Å². The van der Waals surface area contributed by atoms with Gasteiger partial charge in [0.05, 0.1) is 0 Å². The molecule has 0 radical (unpaired) electrons. The molecule has 2 N–H and O–H groups in total. The molecule has 0 aliphatic carbocycles. The second-order valence-electron chi connectivity index (χ2n) is 3.31. The monoisotopic (exact) mass is 329 g/mol. The molecule has 15 heavy (non-hydrogen) atoms. The summed E-state index contributed by atoms with van der Waals surface area (Å²) in [6.45, 7) is 0. The number of benzene rings is 1. The molecular weight excluding hydrogens is 318 g/mol. The van der Waals surface area contributed by atoms with Gasteiger partial charge in [0, 0.05) is 16.0 Å². The van der Waals surface area contributed by atoms with Crippen LogP contribution >= 0.6 is 22.6 Å². The largest absolute Gasteiger partial charge is 0.389 e. The Morgan fingerprint density at radius 2 is 1.73 bits per heavy atom. The quantitative estimate of drug-likeness (QED) is 0.842. The molecule has 0 aliphatic heterocycles. The van der Waals surface area contributed by atoms with Gasteiger partial charge in [-0.2, -0.15) is 13.2 Å². The van der Waals surface area contributed by atoms with E-state index in [0.29, 0.717) is 0 Å². The van der Waals surface area contributed by atoms with Gasteiger partial charge in [-0.25, -0.2) is 0 Å². The van der Waals surface area contributed by atoms with Crippen LogP contribution in [0.2, 0.25) is 0 Å². The highest BCUT2D eigenvalue weighted by atomic mass is 127. The SMILES string of the molecule is N[C@H](CCC(F)(F)F)c1ccc(I)cc1. The lowest BCUT2D eigenvalue weighted by Crippen LogP contribution is -2.15. The zero-order chi connectivity index (χ0) is 11.5. The highest BCUT2D eigenvalue weighted by molar-refractivity contribution is 14.1. The molecule has 1 rings (SSSR count). The molecule has 1 nitrogen and oxygen atoms in total. The van der Waals surface area contributed by atoms with E-state index in [-0.39, 0.29) is 6.42 Å². The standard InChI is InChI=1S/C10H11F3IN/c11-10(12,13)6-5-9(15)7-1-3-8(14)4-2-7/h1-4,9H,5-6,15H2/t9-/m1/s1. The van der Waals surface area contributed by atoms with Gasteiger partial charge in [-0.1, -0.05) is 12.1 Å². The third-order valence-corrected chi connectivity index (χ3v) is 2.76. The van der Waals surface area contributed by atoms with Crippen molar-refractivity contribution in [2.24, 2.45) is 5.73 Å². The third kappa shape index (κ3) is 4.83. The fourth-order valence-corrected chi connectivity index (χ4v) is 1.56. The zero-order valence-electron chi connectivity index (χ0n) is 7.89. The topological polar surface area (TPSA) is 26.0 Å². The van der Waals surface area contributed by atoms with Crippen molar-refractivity contribution < 1.29 is 13.2 Å². The first-order valence-electron chi connectivity index (χ1n) is 4.46. The smallest absolute Gasteiger partial charge is 0.324 e. The van der Waals surface area contributed by atoms with Crippen LogP contribution in [0.25, 0.3) is 0 Å². The predicted octanol–water partition coefficient (Wildman–Crippen LogP) is 3.63. The Kier molecular flexibility index (Phi) is 4.39. The predicted molar refractivity (Wildman–Crippen MR) is 61.4 cm³/mol. The Labute approximate surface area is 100.0 Å². The van der Waals surface area contributed by atoms with E-state index in [4.69, 9.17) is 5.73 Å². The number of alkyl halides is 3. The highest BCUT2D eigenvalue weighted by Crippen LogP contribution is 2.26. The van der Waals surface area contributed by atoms with Crippen molar-refractivity contribution in [1.29, 1.82) is 0 Å². The van der Waals surface area contributed by atoms with Crippen LogP contribution < -0.4 is 5.73 Å². The molecule has 0 saturated heterocycles. The number of nitrogens with two attached hydrogens (primary N) is 1. The van der Waals surface area contributed by atoms with E-state index in [2.05, 4.69) is 22.6 Å². The van der Waals surface area contributed by atoms with E-state index >= 15 is 0 Å². The van der Waals surface area contributed by atoms with Crippen LogP contribution in [0.15, 0.2) is 24.3 Å². The molecule has 1 aromatic rings. The summed E-state index contributed by atoms with van der Waals surface area (Å²) in [5, 5.41) is 0. The van der Waals surface area contributed by atoms with Gasteiger partial charge in [0.25, 0.3) is 0 Å². The normalized spacial score (nSPS) is 13.9. The Morgan fingerprint density at radius 1 is 1.20 bits per heavy atom. The van der Waals surface area contributed by atoms with Crippen molar-refractivity contribution in [3.8, 4) is 0 Å². The van der Waals surface area contributed by atoms with Gasteiger partial charge in [0.1, 0.15) is 0 Å². The summed E-state index contributed by atoms with van der Waals surface area (Å²) in [5.41, 5.74) is 6.40. The minimum atomic E-state index is -4.12. The fourth-order valence-electron chi connectivity index (χ4n) is 1.20. The van der Waals surface area contributed by atoms with E-state index in [9.17, 15) is 13.2 Å². The van der Waals surface area contributed by atoms with Gasteiger partial charge in [-0.15, -0.1) is 0 Å². The summed E-state index contributed by atoms with van der Waals surface area (Å²) in [6.07, 6.45) is -5.02. The van der Waals surface area contributed by atoms with Crippen molar-refractivity contribution in [3.63, 3.8) is 0 Å². The Balaban J connectivity index is 2.54. The van der Waals surface area contributed by atoms with E-state index in [0.717, 1.165) is 9.13 Å². The Hall–Kier alpha value is -0.300. The number of hydrogen-bond donors (Lipinski definition) is 1. The maximum absolute atomic E-state index is 11.9. The molecule has 5 heteroatoms. The summed E-state index contributed by atoms with van der Waals surface area (Å²) >= 11 is 2.13. The van der Waals surface area contributed by atoms with Crippen LogP contribution in [0.3, 0.4) is 0 Å². The van der Waals surface area contributed by atoms with Gasteiger partial charge in [-0.3, -0.25) is 0 Å². The van der Waals surface area contributed by atoms with E-state index < -0.39 is 18.6 Å². The Morgan fingerprint density at radius 3 is 2.20 bits per heavy atom. The van der Waals surface area contributed by atoms with Crippen LogP contribution in [0.5, 0.6) is 0 Å². The summed E-state index contributed by atoms with van der Waals surface area (Å²) in [6, 6.07) is 6.67. The molecule has 0 amide bonds. The zero-order valence-corrected chi connectivity index (χ0v) is 10.0. The maximum Gasteiger partial charge on any atom is 0.389 e. The molecule has 0 heterocycles. The molecule has 0 spiro atoms. The number of rotatable bonds is 3. The third-order valence-electron chi connectivity index (χ3n) is 2.04. The van der Waals surface area contributed by atoms with E-state index in [1.807, 2.05) is 12.1 Å². The summed E-state index contributed by atoms with van der Waals surface area (Å²) in [7, 11) is 0. The lowest BCUT2D eigenvalue weighted by atomic mass is 10.0. The minimum Gasteiger partial charge on any atom is -0.324 e. The number of hydrogen-bond acceptors (Lipinski definition) is 1. The second-order valence-corrected chi connectivity index (χ2v) is 4.56. The van der Waals surface area contributed by atoms with Gasteiger partial charge in [0.15, 0.2) is 0 Å². The minimum absolute atomic E-state index is 0.0654. The molecule has 0 fully saturated rings. The average molecular weight is 329 g/mol. The van der Waals surface area contributed by atoms with Gasteiger partial charge in [-0.05, 0) is 46.7 Å². The summed E-state index contributed by atoms with van der Waals surface area (Å²) in [4.78, 5) is 0. The lowest BCUT2D eigenvalue weighted by molar-refractivity contribution is -0.136. The van der Waals surface area contributed by atoms with Gasteiger partial charge >= 0.3 is 6.18 Å². The lowest BCUT2D eigenvalue weighted by Gasteiger charge is -2.13. The average Bonchev–Trinajstić information content (AvgIpc) is 2.14. The molecule has 0 aliphatic rings. The molecule has 84 valence electrons. The molecule has 1 atom stereocenters. The summed E-state index contributed by atoms with van der Waals surface area (Å²) < 4.78 is 36.9. The second kappa shape index (κ2) is 5.16. The molecular formula is C10H11F3IN. The van der Waals surface area contributed by atoms with Crippen molar-refractivity contribution in [2.75, 3.05) is 0 Å². The Bertz CT molecular complexity index is 307. The van der Waals surface area contributed by atoms with Crippen LogP contribution in [0.4, 0.5) is 13.2 Å². The molecule has 0 aromatic heterocycles. The van der Waals surface area contributed by atoms with Gasteiger partial charge in [0.2, 0.25) is 0 Å². The summed E-state index contributed by atoms with van der Waals surface area (Å²) in [5.74, 6) is 0. The van der Waals surface area contributed by atoms with Crippen molar-refractivity contribution in [2.45, 2.75) is 25.1 Å². The molecule has 1 aromatic carbocycles. The van der Waals surface area contributed by atoms with E-state index in [1.54, 1.807) is 12.1 Å². The van der Waals surface area contributed by atoms with Gasteiger partial charge < -0.3 is 5.73 Å². The van der Waals surface area contributed by atoms with Crippen LogP contribution in [0.1, 0.15) is 24.4 Å². The van der Waals surface area contributed by atoms with E-state index in [1.165, 1.54) is 0 Å². The maximum atomic E-state index is 11.9. The van der Waals surface area contributed by atoms with Crippen molar-refractivity contribution in [1.82, 2.24) is 0 Å². The van der Waals surface area contributed by atoms with Crippen molar-refractivity contribution in [3.05, 3.63) is 33.4 Å². The first kappa shape index (κ1) is 12.8. The van der Waals surface area contributed by atoms with Crippen LogP contribution in [0, 0.1) is 3.57 Å².